The second kappa shape index (κ2) is 8.87. The third-order valence-electron chi connectivity index (χ3n) is 3.24. The van der Waals surface area contributed by atoms with E-state index in [-0.39, 0.29) is 24.4 Å². The minimum atomic E-state index is -0.399. The van der Waals surface area contributed by atoms with Crippen LogP contribution in [0.4, 0.5) is 5.69 Å². The van der Waals surface area contributed by atoms with E-state index in [1.165, 1.54) is 0 Å². The van der Waals surface area contributed by atoms with Gasteiger partial charge in [0.1, 0.15) is 11.9 Å². The van der Waals surface area contributed by atoms with Crippen LogP contribution in [0.25, 0.3) is 0 Å². The number of nitrogens with two attached hydrogens (primary N) is 1. The van der Waals surface area contributed by atoms with Gasteiger partial charge in [0.2, 0.25) is 0 Å². The highest BCUT2D eigenvalue weighted by Gasteiger charge is 2.29. The Morgan fingerprint density at radius 2 is 2.29 bits per heavy atom. The maximum atomic E-state index is 12.1. The summed E-state index contributed by atoms with van der Waals surface area (Å²) in [6.07, 6.45) is 2.12. The number of rotatable bonds is 6. The minimum Gasteiger partial charge on any atom is -0.494 e. The Labute approximate surface area is 131 Å². The van der Waals surface area contributed by atoms with Crippen LogP contribution in [0, 0.1) is 0 Å². The topological polar surface area (TPSA) is 73.6 Å². The van der Waals surface area contributed by atoms with Crippen molar-refractivity contribution in [1.82, 2.24) is 0 Å². The SMILES string of the molecule is CCCOc1cccc(NC(=O)[C@@H]2CC[C@H](CN)O2)c1.Cl. The number of benzene rings is 1. The summed E-state index contributed by atoms with van der Waals surface area (Å²) in [5.41, 5.74) is 6.27. The number of hydrogen-bond donors (Lipinski definition) is 2. The Morgan fingerprint density at radius 1 is 1.48 bits per heavy atom. The number of nitrogens with one attached hydrogen (secondary N) is 1. The van der Waals surface area contributed by atoms with Crippen LogP contribution in [0.5, 0.6) is 5.75 Å². The molecule has 1 aromatic rings. The molecular formula is C15H23ClN2O3. The van der Waals surface area contributed by atoms with E-state index >= 15 is 0 Å². The summed E-state index contributed by atoms with van der Waals surface area (Å²) in [7, 11) is 0. The van der Waals surface area contributed by atoms with Gasteiger partial charge in [-0.3, -0.25) is 4.79 Å². The Bertz CT molecular complexity index is 456. The van der Waals surface area contributed by atoms with Gasteiger partial charge in [0.15, 0.2) is 0 Å². The summed E-state index contributed by atoms with van der Waals surface area (Å²) < 4.78 is 11.1. The molecule has 21 heavy (non-hydrogen) atoms. The lowest BCUT2D eigenvalue weighted by atomic mass is 10.2. The van der Waals surface area contributed by atoms with E-state index in [0.717, 1.165) is 30.7 Å². The van der Waals surface area contributed by atoms with Gasteiger partial charge >= 0.3 is 0 Å². The molecule has 118 valence electrons. The lowest BCUT2D eigenvalue weighted by Gasteiger charge is -2.13. The molecule has 1 fully saturated rings. The van der Waals surface area contributed by atoms with Gasteiger partial charge < -0.3 is 20.5 Å². The Hall–Kier alpha value is -1.30. The standard InChI is InChI=1S/C15H22N2O3.ClH/c1-2-8-19-12-5-3-4-11(9-12)17-15(18)14-7-6-13(10-16)20-14;/h3-5,9,13-14H,2,6-8,10,16H2,1H3,(H,17,18);1H/t13-,14+;/m1./s1. The van der Waals surface area contributed by atoms with Gasteiger partial charge in [-0.2, -0.15) is 0 Å². The van der Waals surface area contributed by atoms with Gasteiger partial charge in [0.25, 0.3) is 5.91 Å². The normalized spacial score (nSPS) is 20.7. The van der Waals surface area contributed by atoms with E-state index in [1.807, 2.05) is 24.3 Å². The highest BCUT2D eigenvalue weighted by molar-refractivity contribution is 5.94. The van der Waals surface area contributed by atoms with Crippen molar-refractivity contribution in [1.29, 1.82) is 0 Å². The first-order valence-corrected chi connectivity index (χ1v) is 7.12. The number of anilines is 1. The molecule has 0 saturated carbocycles. The van der Waals surface area contributed by atoms with Crippen molar-refractivity contribution >= 4 is 24.0 Å². The molecule has 1 saturated heterocycles. The molecule has 1 heterocycles. The van der Waals surface area contributed by atoms with E-state index in [2.05, 4.69) is 12.2 Å². The molecule has 3 N–H and O–H groups in total. The van der Waals surface area contributed by atoms with E-state index in [4.69, 9.17) is 15.2 Å². The molecule has 0 bridgehead atoms. The molecule has 1 aromatic carbocycles. The van der Waals surface area contributed by atoms with Crippen LogP contribution >= 0.6 is 12.4 Å². The van der Waals surface area contributed by atoms with Crippen LogP contribution in [-0.2, 0) is 9.53 Å². The number of hydrogen-bond acceptors (Lipinski definition) is 4. The van der Waals surface area contributed by atoms with Gasteiger partial charge in [-0.05, 0) is 31.4 Å². The molecule has 1 amide bonds. The molecule has 1 aliphatic rings. The maximum Gasteiger partial charge on any atom is 0.253 e. The molecule has 1 aliphatic heterocycles. The summed E-state index contributed by atoms with van der Waals surface area (Å²) in [5, 5.41) is 2.86. The molecule has 6 heteroatoms. The van der Waals surface area contributed by atoms with Crippen LogP contribution in [0.2, 0.25) is 0 Å². The molecule has 0 aromatic heterocycles. The van der Waals surface area contributed by atoms with Crippen molar-refractivity contribution in [2.75, 3.05) is 18.5 Å². The second-order valence-electron chi connectivity index (χ2n) is 4.93. The molecule has 5 nitrogen and oxygen atoms in total. The summed E-state index contributed by atoms with van der Waals surface area (Å²) in [6.45, 7) is 3.18. The molecule has 2 rings (SSSR count). The summed E-state index contributed by atoms with van der Waals surface area (Å²) in [4.78, 5) is 12.1. The van der Waals surface area contributed by atoms with Crippen molar-refractivity contribution in [3.8, 4) is 5.75 Å². The minimum absolute atomic E-state index is 0. The fourth-order valence-electron chi connectivity index (χ4n) is 2.18. The van der Waals surface area contributed by atoms with Crippen LogP contribution in [0.15, 0.2) is 24.3 Å². The highest BCUT2D eigenvalue weighted by atomic mass is 35.5. The monoisotopic (exact) mass is 314 g/mol. The Balaban J connectivity index is 0.00000220. The Morgan fingerprint density at radius 3 is 2.95 bits per heavy atom. The van der Waals surface area contributed by atoms with Gasteiger partial charge in [0, 0.05) is 18.3 Å². The molecule has 0 spiro atoms. The summed E-state index contributed by atoms with van der Waals surface area (Å²) >= 11 is 0. The Kier molecular flexibility index (Phi) is 7.50. The third kappa shape index (κ3) is 5.19. The van der Waals surface area contributed by atoms with Gasteiger partial charge in [-0.15, -0.1) is 12.4 Å². The fraction of sp³-hybridized carbons (Fsp3) is 0.533. The number of amides is 1. The van der Waals surface area contributed by atoms with E-state index < -0.39 is 6.10 Å². The highest BCUT2D eigenvalue weighted by Crippen LogP contribution is 2.22. The van der Waals surface area contributed by atoms with E-state index in [0.29, 0.717) is 13.2 Å². The molecule has 0 radical (unpaired) electrons. The first kappa shape index (κ1) is 17.8. The lowest BCUT2D eigenvalue weighted by Crippen LogP contribution is -2.29. The van der Waals surface area contributed by atoms with E-state index in [9.17, 15) is 4.79 Å². The zero-order valence-electron chi connectivity index (χ0n) is 12.2. The predicted octanol–water partition coefficient (Wildman–Crippen LogP) is 2.34. The predicted molar refractivity (Wildman–Crippen MR) is 85.1 cm³/mol. The van der Waals surface area contributed by atoms with E-state index in [1.54, 1.807) is 0 Å². The van der Waals surface area contributed by atoms with Crippen molar-refractivity contribution in [2.24, 2.45) is 5.73 Å². The van der Waals surface area contributed by atoms with Gasteiger partial charge in [0.05, 0.1) is 12.7 Å². The van der Waals surface area contributed by atoms with Crippen LogP contribution in [0.3, 0.4) is 0 Å². The average molecular weight is 315 g/mol. The molecule has 2 atom stereocenters. The largest absolute Gasteiger partial charge is 0.494 e. The zero-order valence-corrected chi connectivity index (χ0v) is 13.0. The lowest BCUT2D eigenvalue weighted by molar-refractivity contribution is -0.126. The first-order valence-electron chi connectivity index (χ1n) is 7.12. The summed E-state index contributed by atoms with van der Waals surface area (Å²) in [6, 6.07) is 7.40. The van der Waals surface area contributed by atoms with Crippen LogP contribution in [-0.4, -0.2) is 31.3 Å². The number of carbonyl (C=O) groups excluding carboxylic acids is 1. The van der Waals surface area contributed by atoms with Crippen molar-refractivity contribution < 1.29 is 14.3 Å². The number of ether oxygens (including phenoxy) is 2. The second-order valence-corrected chi connectivity index (χ2v) is 4.93. The van der Waals surface area contributed by atoms with Gasteiger partial charge in [-0.1, -0.05) is 13.0 Å². The third-order valence-corrected chi connectivity index (χ3v) is 3.24. The fourth-order valence-corrected chi connectivity index (χ4v) is 2.18. The smallest absolute Gasteiger partial charge is 0.253 e. The van der Waals surface area contributed by atoms with Crippen molar-refractivity contribution in [3.05, 3.63) is 24.3 Å². The first-order chi connectivity index (χ1) is 9.72. The molecule has 0 aliphatic carbocycles. The maximum absolute atomic E-state index is 12.1. The zero-order chi connectivity index (χ0) is 14.4. The van der Waals surface area contributed by atoms with Crippen LogP contribution in [0.1, 0.15) is 26.2 Å². The average Bonchev–Trinajstić information content (AvgIpc) is 2.94. The quantitative estimate of drug-likeness (QED) is 0.845. The molecule has 0 unspecified atom stereocenters. The van der Waals surface area contributed by atoms with Crippen LogP contribution < -0.4 is 15.8 Å². The number of carbonyl (C=O) groups is 1. The number of halogens is 1. The van der Waals surface area contributed by atoms with Crippen molar-refractivity contribution in [3.63, 3.8) is 0 Å². The molecular weight excluding hydrogens is 292 g/mol. The van der Waals surface area contributed by atoms with Gasteiger partial charge in [-0.25, -0.2) is 0 Å². The summed E-state index contributed by atoms with van der Waals surface area (Å²) in [5.74, 6) is 0.644. The van der Waals surface area contributed by atoms with Crippen molar-refractivity contribution in [2.45, 2.75) is 38.4 Å².